The maximum absolute atomic E-state index is 12.8. The average molecular weight is 368 g/mol. The van der Waals surface area contributed by atoms with Crippen LogP contribution in [0.2, 0.25) is 0 Å². The van der Waals surface area contributed by atoms with E-state index in [1.54, 1.807) is 37.3 Å². The smallest absolute Gasteiger partial charge is 0.346 e. The number of rotatable bonds is 5. The van der Waals surface area contributed by atoms with Crippen LogP contribution in [0.3, 0.4) is 0 Å². The lowest BCUT2D eigenvalue weighted by atomic mass is 9.92. The number of hydrogen-bond acceptors (Lipinski definition) is 6. The van der Waals surface area contributed by atoms with Gasteiger partial charge in [0, 0.05) is 6.07 Å². The minimum absolute atomic E-state index is 0.175. The van der Waals surface area contributed by atoms with Gasteiger partial charge in [-0.15, -0.1) is 5.01 Å². The van der Waals surface area contributed by atoms with Crippen LogP contribution in [0, 0.1) is 10.1 Å². The Morgan fingerprint density at radius 1 is 1.19 bits per heavy atom. The summed E-state index contributed by atoms with van der Waals surface area (Å²) in [7, 11) is 1.53. The zero-order valence-corrected chi connectivity index (χ0v) is 14.6. The third kappa shape index (κ3) is 3.22. The molecule has 3 amide bonds. The predicted octanol–water partition coefficient (Wildman–Crippen LogP) is 2.40. The van der Waals surface area contributed by atoms with Crippen LogP contribution >= 0.6 is 0 Å². The average Bonchev–Trinajstić information content (AvgIpc) is 2.89. The first-order chi connectivity index (χ1) is 12.9. The summed E-state index contributed by atoms with van der Waals surface area (Å²) >= 11 is 0. The molecule has 3 rings (SSSR count). The summed E-state index contributed by atoms with van der Waals surface area (Å²) < 4.78 is 5.09. The number of nitro benzene ring substituents is 1. The fourth-order valence-corrected chi connectivity index (χ4v) is 2.73. The molecular weight excluding hydrogens is 352 g/mol. The van der Waals surface area contributed by atoms with Crippen LogP contribution < -0.4 is 10.1 Å². The Morgan fingerprint density at radius 3 is 2.48 bits per heavy atom. The highest BCUT2D eigenvalue weighted by Gasteiger charge is 2.49. The van der Waals surface area contributed by atoms with E-state index in [-0.39, 0.29) is 11.3 Å². The van der Waals surface area contributed by atoms with Gasteiger partial charge in [-0.05, 0) is 30.7 Å². The van der Waals surface area contributed by atoms with Gasteiger partial charge < -0.3 is 10.1 Å². The molecule has 0 spiro atoms. The van der Waals surface area contributed by atoms with Gasteiger partial charge in [0.2, 0.25) is 0 Å². The second-order valence-corrected chi connectivity index (χ2v) is 5.96. The van der Waals surface area contributed by atoms with Gasteiger partial charge in [0.15, 0.2) is 0 Å². The normalized spacial score (nSPS) is 19.4. The standard InChI is InChI=1S/C18H16N4O5/c1-18(13-7-9-14(27-2)10-8-13)16(23)21(17(24)20-18)19-11-12-5-3-4-6-15(12)22(25)26/h3-11H,1-2H3,(H,20,24)/b19-11+. The van der Waals surface area contributed by atoms with Crippen LogP contribution in [0.1, 0.15) is 18.1 Å². The van der Waals surface area contributed by atoms with E-state index in [1.807, 2.05) is 0 Å². The summed E-state index contributed by atoms with van der Waals surface area (Å²) in [5.41, 5.74) is -0.735. The highest BCUT2D eigenvalue weighted by atomic mass is 16.6. The van der Waals surface area contributed by atoms with Gasteiger partial charge in [-0.1, -0.05) is 24.3 Å². The fourth-order valence-electron chi connectivity index (χ4n) is 2.73. The first-order valence-electron chi connectivity index (χ1n) is 7.95. The molecular formula is C18H16N4O5. The number of nitrogens with zero attached hydrogens (tertiary/aromatic N) is 3. The highest BCUT2D eigenvalue weighted by molar-refractivity contribution is 6.07. The SMILES string of the molecule is COc1ccc(C2(C)NC(=O)N(/N=C/c3ccccc3[N+](=O)[O-])C2=O)cc1. The quantitative estimate of drug-likeness (QED) is 0.377. The number of ether oxygens (including phenoxy) is 1. The molecule has 1 aliphatic rings. The second-order valence-electron chi connectivity index (χ2n) is 5.96. The summed E-state index contributed by atoms with van der Waals surface area (Å²) in [6.07, 6.45) is 1.12. The van der Waals surface area contributed by atoms with Crippen molar-refractivity contribution in [2.24, 2.45) is 5.10 Å². The minimum Gasteiger partial charge on any atom is -0.497 e. The van der Waals surface area contributed by atoms with Crippen molar-refractivity contribution in [2.75, 3.05) is 7.11 Å². The number of para-hydroxylation sites is 1. The number of methoxy groups -OCH3 is 1. The highest BCUT2D eigenvalue weighted by Crippen LogP contribution is 2.30. The van der Waals surface area contributed by atoms with Crippen LogP contribution in [0.5, 0.6) is 5.75 Å². The number of imide groups is 1. The number of benzene rings is 2. The van der Waals surface area contributed by atoms with Gasteiger partial charge in [0.05, 0.1) is 23.8 Å². The molecule has 0 aromatic heterocycles. The lowest BCUT2D eigenvalue weighted by molar-refractivity contribution is -0.385. The van der Waals surface area contributed by atoms with E-state index in [0.29, 0.717) is 16.3 Å². The summed E-state index contributed by atoms with van der Waals surface area (Å²) in [5.74, 6) is 0.0258. The van der Waals surface area contributed by atoms with Gasteiger partial charge in [-0.25, -0.2) is 4.79 Å². The van der Waals surface area contributed by atoms with Crippen LogP contribution in [-0.4, -0.2) is 35.2 Å². The second kappa shape index (κ2) is 6.87. The van der Waals surface area contributed by atoms with E-state index >= 15 is 0 Å². The molecule has 138 valence electrons. The molecule has 1 heterocycles. The van der Waals surface area contributed by atoms with Crippen molar-refractivity contribution in [3.8, 4) is 5.75 Å². The maximum Gasteiger partial charge on any atom is 0.346 e. The first kappa shape index (κ1) is 18.1. The molecule has 0 saturated carbocycles. The Bertz CT molecular complexity index is 941. The number of hydrazone groups is 1. The molecule has 1 atom stereocenters. The van der Waals surface area contributed by atoms with E-state index in [0.717, 1.165) is 6.21 Å². The van der Waals surface area contributed by atoms with Crippen molar-refractivity contribution in [3.05, 3.63) is 69.8 Å². The molecule has 0 bridgehead atoms. The van der Waals surface area contributed by atoms with Crippen molar-refractivity contribution in [2.45, 2.75) is 12.5 Å². The molecule has 0 aliphatic carbocycles. The van der Waals surface area contributed by atoms with Crippen LogP contribution in [0.15, 0.2) is 53.6 Å². The molecule has 9 nitrogen and oxygen atoms in total. The molecule has 9 heteroatoms. The van der Waals surface area contributed by atoms with Crippen LogP contribution in [0.25, 0.3) is 0 Å². The van der Waals surface area contributed by atoms with E-state index in [1.165, 1.54) is 25.3 Å². The Kier molecular flexibility index (Phi) is 4.59. The van der Waals surface area contributed by atoms with Crippen molar-refractivity contribution < 1.29 is 19.2 Å². The lowest BCUT2D eigenvalue weighted by Gasteiger charge is -2.21. The summed E-state index contributed by atoms with van der Waals surface area (Å²) in [4.78, 5) is 35.6. The Morgan fingerprint density at radius 2 is 1.85 bits per heavy atom. The zero-order valence-electron chi connectivity index (χ0n) is 14.6. The Balaban J connectivity index is 1.89. The molecule has 1 saturated heterocycles. The zero-order chi connectivity index (χ0) is 19.6. The van der Waals surface area contributed by atoms with Gasteiger partial charge in [0.1, 0.15) is 11.3 Å². The molecule has 2 aromatic rings. The van der Waals surface area contributed by atoms with E-state index < -0.39 is 22.4 Å². The van der Waals surface area contributed by atoms with Gasteiger partial charge in [-0.2, -0.15) is 5.10 Å². The fraction of sp³-hybridized carbons (Fsp3) is 0.167. The molecule has 2 aromatic carbocycles. The molecule has 1 unspecified atom stereocenters. The lowest BCUT2D eigenvalue weighted by Crippen LogP contribution is -2.40. The number of urea groups is 1. The van der Waals surface area contributed by atoms with Crippen molar-refractivity contribution in [3.63, 3.8) is 0 Å². The van der Waals surface area contributed by atoms with E-state index in [2.05, 4.69) is 10.4 Å². The van der Waals surface area contributed by atoms with Gasteiger partial charge >= 0.3 is 6.03 Å². The molecule has 27 heavy (non-hydrogen) atoms. The van der Waals surface area contributed by atoms with E-state index in [4.69, 9.17) is 4.74 Å². The Labute approximate surface area is 154 Å². The summed E-state index contributed by atoms with van der Waals surface area (Å²) in [5, 5.41) is 18.2. The van der Waals surface area contributed by atoms with Crippen molar-refractivity contribution in [1.29, 1.82) is 0 Å². The monoisotopic (exact) mass is 368 g/mol. The van der Waals surface area contributed by atoms with Crippen LogP contribution in [-0.2, 0) is 10.3 Å². The topological polar surface area (TPSA) is 114 Å². The number of amides is 3. The van der Waals surface area contributed by atoms with Crippen molar-refractivity contribution >= 4 is 23.8 Å². The van der Waals surface area contributed by atoms with Crippen LogP contribution in [0.4, 0.5) is 10.5 Å². The third-order valence-corrected chi connectivity index (χ3v) is 4.28. The minimum atomic E-state index is -1.30. The molecule has 1 N–H and O–H groups in total. The predicted molar refractivity (Wildman–Crippen MR) is 96.4 cm³/mol. The maximum atomic E-state index is 12.8. The van der Waals surface area contributed by atoms with Gasteiger partial charge in [-0.3, -0.25) is 14.9 Å². The summed E-state index contributed by atoms with van der Waals surface area (Å²) in [6, 6.07) is 11.9. The number of nitrogens with one attached hydrogen (secondary N) is 1. The number of nitro groups is 1. The number of hydrogen-bond donors (Lipinski definition) is 1. The Hall–Kier alpha value is -3.75. The van der Waals surface area contributed by atoms with Crippen molar-refractivity contribution in [1.82, 2.24) is 10.3 Å². The summed E-state index contributed by atoms with van der Waals surface area (Å²) in [6.45, 7) is 1.57. The largest absolute Gasteiger partial charge is 0.497 e. The molecule has 1 fully saturated rings. The molecule has 0 radical (unpaired) electrons. The molecule has 1 aliphatic heterocycles. The van der Waals surface area contributed by atoms with Gasteiger partial charge in [0.25, 0.3) is 11.6 Å². The number of carbonyl (C=O) groups is 2. The first-order valence-corrected chi connectivity index (χ1v) is 7.95. The van der Waals surface area contributed by atoms with E-state index in [9.17, 15) is 19.7 Å². The third-order valence-electron chi connectivity index (χ3n) is 4.28. The number of carbonyl (C=O) groups excluding carboxylic acids is 2.